The molecule has 0 radical (unpaired) electrons. The van der Waals surface area contributed by atoms with Crippen molar-refractivity contribution < 1.29 is 19.4 Å². The lowest BCUT2D eigenvalue weighted by Crippen LogP contribution is -2.08. The summed E-state index contributed by atoms with van der Waals surface area (Å²) in [5.41, 5.74) is 2.06. The van der Waals surface area contributed by atoms with Crippen LogP contribution in [0.5, 0.6) is 0 Å². The molecule has 1 aromatic heterocycles. The molecule has 0 aliphatic rings. The largest absolute Gasteiger partial charge is 0.481 e. The van der Waals surface area contributed by atoms with Gasteiger partial charge in [-0.3, -0.25) is 4.79 Å². The van der Waals surface area contributed by atoms with Crippen LogP contribution in [0.4, 0.5) is 0 Å². The number of nitrogens with one attached hydrogen (secondary N) is 1. The maximum atomic E-state index is 12.0. The molecule has 2 aromatic rings. The molecule has 2 rings (SSSR count). The number of carboxylic acid groups (broad SMARTS) is 1. The van der Waals surface area contributed by atoms with E-state index in [4.69, 9.17) is 9.84 Å². The Bertz CT molecular complexity index is 678. The van der Waals surface area contributed by atoms with E-state index in [-0.39, 0.29) is 6.42 Å². The molecular weight excluding hydrogens is 338 g/mol. The van der Waals surface area contributed by atoms with Gasteiger partial charge < -0.3 is 14.8 Å². The number of H-pyrrole nitrogens is 1. The van der Waals surface area contributed by atoms with E-state index in [0.717, 1.165) is 20.9 Å². The molecule has 0 saturated heterocycles. The van der Waals surface area contributed by atoms with Crippen LogP contribution in [0, 0.1) is 0 Å². The van der Waals surface area contributed by atoms with Crippen LogP contribution in [0.2, 0.25) is 0 Å². The number of carboxylic acids is 1. The average molecular weight is 354 g/mol. The monoisotopic (exact) mass is 353 g/mol. The lowest BCUT2D eigenvalue weighted by Gasteiger charge is -2.04. The van der Waals surface area contributed by atoms with Crippen LogP contribution in [0.3, 0.4) is 0 Å². The molecule has 0 saturated carbocycles. The van der Waals surface area contributed by atoms with E-state index < -0.39 is 11.9 Å². The summed E-state index contributed by atoms with van der Waals surface area (Å²) in [6, 6.07) is 5.68. The van der Waals surface area contributed by atoms with Crippen LogP contribution in [0.25, 0.3) is 10.9 Å². The fraction of sp³-hybridized carbons (Fsp3) is 0.333. The van der Waals surface area contributed by atoms with Crippen LogP contribution in [-0.4, -0.2) is 28.6 Å². The van der Waals surface area contributed by atoms with Gasteiger partial charge in [0.1, 0.15) is 5.69 Å². The molecule has 0 spiro atoms. The summed E-state index contributed by atoms with van der Waals surface area (Å²) >= 11 is 3.41. The van der Waals surface area contributed by atoms with Gasteiger partial charge in [0, 0.05) is 21.8 Å². The summed E-state index contributed by atoms with van der Waals surface area (Å²) in [6.07, 6.45) is 1.06. The minimum atomic E-state index is -0.839. The van der Waals surface area contributed by atoms with E-state index in [1.165, 1.54) is 0 Å². The first kappa shape index (κ1) is 15.6. The fourth-order valence-corrected chi connectivity index (χ4v) is 2.63. The number of aryl methyl sites for hydroxylation is 1. The van der Waals surface area contributed by atoms with E-state index in [1.54, 1.807) is 6.92 Å². The number of hydrogen-bond donors (Lipinski definition) is 2. The molecule has 0 amide bonds. The van der Waals surface area contributed by atoms with E-state index >= 15 is 0 Å². The van der Waals surface area contributed by atoms with Crippen LogP contribution in [0.15, 0.2) is 22.7 Å². The molecule has 0 aliphatic carbocycles. The summed E-state index contributed by atoms with van der Waals surface area (Å²) in [5.74, 6) is -1.25. The molecule has 112 valence electrons. The van der Waals surface area contributed by atoms with Crippen molar-refractivity contribution in [1.29, 1.82) is 0 Å². The second-order valence-electron chi connectivity index (χ2n) is 4.64. The summed E-state index contributed by atoms with van der Waals surface area (Å²) in [4.78, 5) is 25.8. The predicted octanol–water partition coefficient (Wildman–Crippen LogP) is 3.51. The van der Waals surface area contributed by atoms with Crippen molar-refractivity contribution >= 4 is 38.8 Å². The third-order valence-corrected chi connectivity index (χ3v) is 3.66. The molecule has 5 nitrogen and oxygen atoms in total. The van der Waals surface area contributed by atoms with Gasteiger partial charge in [0.2, 0.25) is 0 Å². The van der Waals surface area contributed by atoms with E-state index in [2.05, 4.69) is 20.9 Å². The quantitative estimate of drug-likeness (QED) is 0.778. The molecule has 0 bridgehead atoms. The lowest BCUT2D eigenvalue weighted by atomic mass is 10.0. The number of carbonyl (C=O) groups excluding carboxylic acids is 1. The number of aromatic amines is 1. The highest BCUT2D eigenvalue weighted by Gasteiger charge is 2.19. The number of hydrogen-bond acceptors (Lipinski definition) is 3. The number of halogens is 1. The Morgan fingerprint density at radius 3 is 2.81 bits per heavy atom. The zero-order chi connectivity index (χ0) is 15.4. The highest BCUT2D eigenvalue weighted by atomic mass is 79.9. The zero-order valence-electron chi connectivity index (χ0n) is 11.6. The molecule has 1 heterocycles. The molecule has 1 aromatic carbocycles. The van der Waals surface area contributed by atoms with Gasteiger partial charge in [-0.15, -0.1) is 0 Å². The topological polar surface area (TPSA) is 79.4 Å². The Balaban J connectivity index is 2.40. The number of fused-ring (bicyclic) bond motifs is 1. The molecule has 21 heavy (non-hydrogen) atoms. The zero-order valence-corrected chi connectivity index (χ0v) is 13.2. The Kier molecular flexibility index (Phi) is 5.01. The predicted molar refractivity (Wildman–Crippen MR) is 82.5 cm³/mol. The maximum absolute atomic E-state index is 12.0. The molecule has 0 fully saturated rings. The Hall–Kier alpha value is -1.82. The standard InChI is InChI=1S/C15H16BrNO4/c1-2-21-15(20)14-10(4-3-5-13(18)19)11-8-9(16)6-7-12(11)17-14/h6-8,17H,2-5H2,1H3,(H,18,19). The van der Waals surface area contributed by atoms with E-state index in [0.29, 0.717) is 25.1 Å². The van der Waals surface area contributed by atoms with E-state index in [9.17, 15) is 9.59 Å². The smallest absolute Gasteiger partial charge is 0.355 e. The first-order valence-corrected chi connectivity index (χ1v) is 7.51. The molecule has 0 unspecified atom stereocenters. The lowest BCUT2D eigenvalue weighted by molar-refractivity contribution is -0.137. The molecule has 6 heteroatoms. The van der Waals surface area contributed by atoms with Gasteiger partial charge in [-0.2, -0.15) is 0 Å². The first-order chi connectivity index (χ1) is 10.0. The normalized spacial score (nSPS) is 10.8. The van der Waals surface area contributed by atoms with Gasteiger partial charge in [-0.05, 0) is 43.5 Å². The molecule has 0 aliphatic heterocycles. The van der Waals surface area contributed by atoms with Crippen LogP contribution < -0.4 is 0 Å². The second-order valence-corrected chi connectivity index (χ2v) is 5.55. The Morgan fingerprint density at radius 1 is 1.38 bits per heavy atom. The van der Waals surface area contributed by atoms with Gasteiger partial charge in [0.25, 0.3) is 0 Å². The summed E-state index contributed by atoms with van der Waals surface area (Å²) < 4.78 is 5.96. The Morgan fingerprint density at radius 2 is 2.14 bits per heavy atom. The van der Waals surface area contributed by atoms with Crippen molar-refractivity contribution in [3.8, 4) is 0 Å². The average Bonchev–Trinajstić information content (AvgIpc) is 2.77. The highest BCUT2D eigenvalue weighted by molar-refractivity contribution is 9.10. The van der Waals surface area contributed by atoms with Crippen molar-refractivity contribution in [2.75, 3.05) is 6.61 Å². The van der Waals surface area contributed by atoms with Crippen LogP contribution in [0.1, 0.15) is 35.8 Å². The van der Waals surface area contributed by atoms with Gasteiger partial charge in [-0.1, -0.05) is 15.9 Å². The van der Waals surface area contributed by atoms with Crippen molar-refractivity contribution in [1.82, 2.24) is 4.98 Å². The number of esters is 1. The molecular formula is C15H16BrNO4. The number of ether oxygens (including phenoxy) is 1. The van der Waals surface area contributed by atoms with Gasteiger partial charge in [0.05, 0.1) is 6.61 Å². The van der Waals surface area contributed by atoms with Gasteiger partial charge >= 0.3 is 11.9 Å². The van der Waals surface area contributed by atoms with Crippen molar-refractivity contribution in [3.05, 3.63) is 33.9 Å². The second kappa shape index (κ2) is 6.76. The summed E-state index contributed by atoms with van der Waals surface area (Å²) in [6.45, 7) is 2.05. The summed E-state index contributed by atoms with van der Waals surface area (Å²) in [5, 5.41) is 9.67. The number of rotatable bonds is 6. The number of benzene rings is 1. The minimum Gasteiger partial charge on any atom is -0.481 e. The highest BCUT2D eigenvalue weighted by Crippen LogP contribution is 2.27. The van der Waals surface area contributed by atoms with Crippen molar-refractivity contribution in [2.45, 2.75) is 26.2 Å². The maximum Gasteiger partial charge on any atom is 0.355 e. The fourth-order valence-electron chi connectivity index (χ4n) is 2.27. The van der Waals surface area contributed by atoms with Crippen LogP contribution in [-0.2, 0) is 16.0 Å². The van der Waals surface area contributed by atoms with Crippen molar-refractivity contribution in [3.63, 3.8) is 0 Å². The summed E-state index contributed by atoms with van der Waals surface area (Å²) in [7, 11) is 0. The first-order valence-electron chi connectivity index (χ1n) is 6.72. The molecule has 0 atom stereocenters. The number of carbonyl (C=O) groups is 2. The Labute approximate surface area is 130 Å². The third kappa shape index (κ3) is 3.64. The number of aliphatic carboxylic acids is 1. The van der Waals surface area contributed by atoms with Gasteiger partial charge in [-0.25, -0.2) is 4.79 Å². The minimum absolute atomic E-state index is 0.0724. The molecule has 2 N–H and O–H groups in total. The van der Waals surface area contributed by atoms with Crippen molar-refractivity contribution in [2.24, 2.45) is 0 Å². The van der Waals surface area contributed by atoms with E-state index in [1.807, 2.05) is 18.2 Å². The SMILES string of the molecule is CCOC(=O)c1[nH]c2ccc(Br)cc2c1CCCC(=O)O. The van der Waals surface area contributed by atoms with Crippen LogP contribution >= 0.6 is 15.9 Å². The van der Waals surface area contributed by atoms with Gasteiger partial charge in [0.15, 0.2) is 0 Å². The third-order valence-electron chi connectivity index (χ3n) is 3.17. The number of aromatic nitrogens is 1.